The number of rotatable bonds is 6. The van der Waals surface area contributed by atoms with Crippen LogP contribution in [0.4, 0.5) is 11.6 Å². The van der Waals surface area contributed by atoms with Gasteiger partial charge in [0.25, 0.3) is 5.91 Å². The van der Waals surface area contributed by atoms with E-state index in [-0.39, 0.29) is 5.91 Å². The van der Waals surface area contributed by atoms with Gasteiger partial charge >= 0.3 is 0 Å². The minimum Gasteiger partial charge on any atom is -0.493 e. The molecule has 1 amide bonds. The third-order valence-electron chi connectivity index (χ3n) is 4.94. The molecule has 2 N–H and O–H groups in total. The molecule has 1 atom stereocenters. The highest BCUT2D eigenvalue weighted by Gasteiger charge is 2.34. The SMILES string of the molecule is CCOc1ccc([C@H]2C(C(=O)Nc3ccc(Cl)cc3)=C(C)Nc3ncnn32)cc1OC. The number of anilines is 2. The molecule has 0 aliphatic carbocycles. The Balaban J connectivity index is 1.76. The van der Waals surface area contributed by atoms with Gasteiger partial charge < -0.3 is 20.1 Å². The third-order valence-corrected chi connectivity index (χ3v) is 5.20. The Morgan fingerprint density at radius 3 is 2.71 bits per heavy atom. The molecule has 160 valence electrons. The molecule has 0 spiro atoms. The van der Waals surface area contributed by atoms with E-state index in [1.807, 2.05) is 32.0 Å². The van der Waals surface area contributed by atoms with Crippen LogP contribution in [0.1, 0.15) is 25.5 Å². The van der Waals surface area contributed by atoms with Crippen LogP contribution in [0.25, 0.3) is 0 Å². The second-order valence-electron chi connectivity index (χ2n) is 6.90. The average molecular weight is 440 g/mol. The van der Waals surface area contributed by atoms with Crippen molar-refractivity contribution in [3.05, 3.63) is 70.6 Å². The summed E-state index contributed by atoms with van der Waals surface area (Å²) in [6.45, 7) is 4.27. The molecule has 3 aromatic rings. The summed E-state index contributed by atoms with van der Waals surface area (Å²) in [6.07, 6.45) is 1.45. The highest BCUT2D eigenvalue weighted by molar-refractivity contribution is 6.30. The fourth-order valence-electron chi connectivity index (χ4n) is 3.55. The molecule has 0 bridgehead atoms. The molecule has 0 fully saturated rings. The summed E-state index contributed by atoms with van der Waals surface area (Å²) < 4.78 is 12.8. The fourth-order valence-corrected chi connectivity index (χ4v) is 3.68. The molecular weight excluding hydrogens is 418 g/mol. The first-order valence-corrected chi connectivity index (χ1v) is 10.1. The van der Waals surface area contributed by atoms with Crippen molar-refractivity contribution in [3.8, 4) is 11.5 Å². The number of carbonyl (C=O) groups is 1. The number of carbonyl (C=O) groups excluding carboxylic acids is 1. The van der Waals surface area contributed by atoms with Crippen molar-refractivity contribution in [1.82, 2.24) is 14.8 Å². The normalized spacial score (nSPS) is 15.2. The van der Waals surface area contributed by atoms with Gasteiger partial charge in [0.1, 0.15) is 12.4 Å². The first-order valence-electron chi connectivity index (χ1n) is 9.76. The van der Waals surface area contributed by atoms with Gasteiger partial charge in [0.15, 0.2) is 11.5 Å². The van der Waals surface area contributed by atoms with Gasteiger partial charge in [0, 0.05) is 16.4 Å². The van der Waals surface area contributed by atoms with Crippen molar-refractivity contribution in [1.29, 1.82) is 0 Å². The lowest BCUT2D eigenvalue weighted by Gasteiger charge is -2.29. The number of nitrogens with zero attached hydrogens (tertiary/aromatic N) is 3. The van der Waals surface area contributed by atoms with Crippen molar-refractivity contribution in [3.63, 3.8) is 0 Å². The van der Waals surface area contributed by atoms with E-state index >= 15 is 0 Å². The number of nitrogens with one attached hydrogen (secondary N) is 2. The molecule has 8 nitrogen and oxygen atoms in total. The van der Waals surface area contributed by atoms with Gasteiger partial charge in [-0.05, 0) is 55.8 Å². The highest BCUT2D eigenvalue weighted by atomic mass is 35.5. The Morgan fingerprint density at radius 2 is 2.00 bits per heavy atom. The van der Waals surface area contributed by atoms with Crippen molar-refractivity contribution in [2.75, 3.05) is 24.4 Å². The molecule has 0 saturated carbocycles. The molecule has 1 aromatic heterocycles. The number of fused-ring (bicyclic) bond motifs is 1. The first-order chi connectivity index (χ1) is 15.0. The molecule has 2 aromatic carbocycles. The molecular formula is C22H22ClN5O3. The number of halogens is 1. The summed E-state index contributed by atoms with van der Waals surface area (Å²) in [6, 6.07) is 12.0. The van der Waals surface area contributed by atoms with E-state index in [2.05, 4.69) is 20.7 Å². The number of hydrogen-bond acceptors (Lipinski definition) is 6. The topological polar surface area (TPSA) is 90.3 Å². The van der Waals surface area contributed by atoms with Gasteiger partial charge in [-0.2, -0.15) is 10.1 Å². The van der Waals surface area contributed by atoms with Gasteiger partial charge in [0.2, 0.25) is 5.95 Å². The van der Waals surface area contributed by atoms with Gasteiger partial charge in [-0.15, -0.1) is 0 Å². The van der Waals surface area contributed by atoms with Crippen LogP contribution in [0.3, 0.4) is 0 Å². The van der Waals surface area contributed by atoms with E-state index in [1.54, 1.807) is 36.1 Å². The molecule has 0 radical (unpaired) electrons. The van der Waals surface area contributed by atoms with Gasteiger partial charge in [-0.1, -0.05) is 17.7 Å². The number of ether oxygens (including phenoxy) is 2. The Labute approximate surface area is 184 Å². The zero-order valence-electron chi connectivity index (χ0n) is 17.3. The standard InChI is InChI=1S/C22H22ClN5O3/c1-4-31-17-10-5-14(11-18(17)30-3)20-19(13(2)26-22-24-12-25-28(20)22)21(29)27-16-8-6-15(23)7-9-16/h5-12,20H,4H2,1-3H3,(H,27,29)(H,24,25,26)/t20-/m0/s1. The quantitative estimate of drug-likeness (QED) is 0.596. The van der Waals surface area contributed by atoms with E-state index in [4.69, 9.17) is 21.1 Å². The summed E-state index contributed by atoms with van der Waals surface area (Å²) in [4.78, 5) is 17.6. The van der Waals surface area contributed by atoms with Crippen LogP contribution in [-0.4, -0.2) is 34.4 Å². The summed E-state index contributed by atoms with van der Waals surface area (Å²) in [5.41, 5.74) is 2.65. The smallest absolute Gasteiger partial charge is 0.255 e. The van der Waals surface area contributed by atoms with E-state index < -0.39 is 6.04 Å². The van der Waals surface area contributed by atoms with E-state index in [0.717, 1.165) is 5.56 Å². The van der Waals surface area contributed by atoms with Crippen LogP contribution in [0, 0.1) is 0 Å². The number of methoxy groups -OCH3 is 1. The molecule has 4 rings (SSSR count). The second kappa shape index (κ2) is 8.69. The lowest BCUT2D eigenvalue weighted by Crippen LogP contribution is -2.31. The molecule has 0 saturated heterocycles. The van der Waals surface area contributed by atoms with Crippen LogP contribution in [-0.2, 0) is 4.79 Å². The number of amides is 1. The zero-order chi connectivity index (χ0) is 22.0. The summed E-state index contributed by atoms with van der Waals surface area (Å²) in [7, 11) is 1.58. The van der Waals surface area contributed by atoms with Crippen LogP contribution < -0.4 is 20.1 Å². The Morgan fingerprint density at radius 1 is 1.23 bits per heavy atom. The zero-order valence-corrected chi connectivity index (χ0v) is 18.1. The molecule has 1 aliphatic rings. The molecule has 9 heteroatoms. The van der Waals surface area contributed by atoms with E-state index in [9.17, 15) is 4.79 Å². The van der Waals surface area contributed by atoms with Gasteiger partial charge in [-0.25, -0.2) is 4.68 Å². The minimum atomic E-state index is -0.504. The van der Waals surface area contributed by atoms with E-state index in [0.29, 0.717) is 46.0 Å². The Bertz CT molecular complexity index is 1140. The van der Waals surface area contributed by atoms with Crippen LogP contribution >= 0.6 is 11.6 Å². The number of allylic oxidation sites excluding steroid dienone is 1. The lowest BCUT2D eigenvalue weighted by molar-refractivity contribution is -0.113. The number of benzene rings is 2. The summed E-state index contributed by atoms with van der Waals surface area (Å²) in [5, 5.41) is 11.0. The van der Waals surface area contributed by atoms with Crippen molar-refractivity contribution >= 4 is 29.1 Å². The maximum absolute atomic E-state index is 13.3. The number of aromatic nitrogens is 3. The minimum absolute atomic E-state index is 0.258. The molecule has 1 aliphatic heterocycles. The van der Waals surface area contributed by atoms with Crippen LogP contribution in [0.15, 0.2) is 60.1 Å². The largest absolute Gasteiger partial charge is 0.493 e. The lowest BCUT2D eigenvalue weighted by atomic mass is 9.94. The molecule has 2 heterocycles. The third kappa shape index (κ3) is 4.06. The highest BCUT2D eigenvalue weighted by Crippen LogP contribution is 2.38. The Hall–Kier alpha value is -3.52. The molecule has 0 unspecified atom stereocenters. The first kappa shape index (κ1) is 20.7. The van der Waals surface area contributed by atoms with Crippen molar-refractivity contribution < 1.29 is 14.3 Å². The van der Waals surface area contributed by atoms with Crippen LogP contribution in [0.2, 0.25) is 5.02 Å². The van der Waals surface area contributed by atoms with Crippen molar-refractivity contribution in [2.45, 2.75) is 19.9 Å². The monoisotopic (exact) mass is 439 g/mol. The summed E-state index contributed by atoms with van der Waals surface area (Å²) >= 11 is 5.96. The average Bonchev–Trinajstić information content (AvgIpc) is 3.23. The van der Waals surface area contributed by atoms with Gasteiger partial charge in [0.05, 0.1) is 19.3 Å². The van der Waals surface area contributed by atoms with E-state index in [1.165, 1.54) is 6.33 Å². The maximum atomic E-state index is 13.3. The predicted molar refractivity (Wildman–Crippen MR) is 119 cm³/mol. The number of hydrogen-bond donors (Lipinski definition) is 2. The van der Waals surface area contributed by atoms with Crippen molar-refractivity contribution in [2.24, 2.45) is 0 Å². The maximum Gasteiger partial charge on any atom is 0.255 e. The summed E-state index contributed by atoms with van der Waals surface area (Å²) in [5.74, 6) is 1.51. The second-order valence-corrected chi connectivity index (χ2v) is 7.34. The van der Waals surface area contributed by atoms with Gasteiger partial charge in [-0.3, -0.25) is 4.79 Å². The van der Waals surface area contributed by atoms with Crippen LogP contribution in [0.5, 0.6) is 11.5 Å². The fraction of sp³-hybridized carbons (Fsp3) is 0.227. The predicted octanol–water partition coefficient (Wildman–Crippen LogP) is 4.27. The molecule has 31 heavy (non-hydrogen) atoms. The Kier molecular flexibility index (Phi) is 5.81.